The van der Waals surface area contributed by atoms with Crippen LogP contribution in [0.3, 0.4) is 0 Å². The highest BCUT2D eigenvalue weighted by Gasteiger charge is 2.42. The number of carbonyl (C=O) groups excluding carboxylic acids is 1. The first kappa shape index (κ1) is 20.8. The molecule has 0 saturated heterocycles. The Balaban J connectivity index is 1.49. The van der Waals surface area contributed by atoms with Crippen molar-refractivity contribution >= 4 is 5.91 Å². The van der Waals surface area contributed by atoms with E-state index in [0.717, 1.165) is 11.1 Å². The number of carbonyl (C=O) groups is 1. The van der Waals surface area contributed by atoms with Gasteiger partial charge in [0.1, 0.15) is 29.5 Å². The van der Waals surface area contributed by atoms with Crippen LogP contribution in [-0.4, -0.2) is 44.4 Å². The van der Waals surface area contributed by atoms with E-state index in [1.165, 1.54) is 0 Å². The van der Waals surface area contributed by atoms with Crippen LogP contribution in [-0.2, 0) is 6.61 Å². The van der Waals surface area contributed by atoms with Gasteiger partial charge in [-0.15, -0.1) is 0 Å². The number of β-amino-alcohol motifs (C(OH)–C–C–N with tert-alkyl or cyclic N) is 1. The van der Waals surface area contributed by atoms with Crippen molar-refractivity contribution in [2.24, 2.45) is 0 Å². The lowest BCUT2D eigenvalue weighted by molar-refractivity contribution is 0.0706. The van der Waals surface area contributed by atoms with Gasteiger partial charge in [-0.3, -0.25) is 9.89 Å². The zero-order valence-electron chi connectivity index (χ0n) is 17.8. The molecule has 33 heavy (non-hydrogen) atoms. The molecule has 3 N–H and O–H groups in total. The molecule has 4 aromatic rings. The Morgan fingerprint density at radius 1 is 0.970 bits per heavy atom. The van der Waals surface area contributed by atoms with Gasteiger partial charge in [-0.2, -0.15) is 5.10 Å². The fraction of sp³-hybridized carbons (Fsp3) is 0.154. The SMILES string of the molecule is O=C1c2[nH]nc(-c3ccccc3O)c2C(c2ccc(OCc3ccccc3)cc2)N1CCO. The number of rotatable bonds is 7. The second-order valence-corrected chi connectivity index (χ2v) is 7.85. The molecule has 0 radical (unpaired) electrons. The summed E-state index contributed by atoms with van der Waals surface area (Å²) < 4.78 is 5.90. The maximum atomic E-state index is 13.1. The molecule has 1 unspecified atom stereocenters. The summed E-state index contributed by atoms with van der Waals surface area (Å²) in [5.74, 6) is 0.569. The van der Waals surface area contributed by atoms with Gasteiger partial charge in [0.15, 0.2) is 0 Å². The van der Waals surface area contributed by atoms with E-state index in [4.69, 9.17) is 4.74 Å². The summed E-state index contributed by atoms with van der Waals surface area (Å²) in [5.41, 5.74) is 4.06. The number of benzene rings is 3. The third-order valence-electron chi connectivity index (χ3n) is 5.81. The van der Waals surface area contributed by atoms with Gasteiger partial charge in [0.05, 0.1) is 12.6 Å². The molecular weight excluding hydrogens is 418 g/mol. The highest BCUT2D eigenvalue weighted by atomic mass is 16.5. The summed E-state index contributed by atoms with van der Waals surface area (Å²) in [6, 6.07) is 24.0. The monoisotopic (exact) mass is 441 g/mol. The molecule has 1 atom stereocenters. The van der Waals surface area contributed by atoms with Crippen molar-refractivity contribution < 1.29 is 19.7 Å². The number of fused-ring (bicyclic) bond motifs is 1. The molecule has 7 heteroatoms. The zero-order chi connectivity index (χ0) is 22.8. The van der Waals surface area contributed by atoms with Crippen LogP contribution in [0.1, 0.15) is 33.2 Å². The van der Waals surface area contributed by atoms with Gasteiger partial charge in [-0.05, 0) is 35.4 Å². The summed E-state index contributed by atoms with van der Waals surface area (Å²) in [7, 11) is 0. The Morgan fingerprint density at radius 3 is 2.42 bits per heavy atom. The summed E-state index contributed by atoms with van der Waals surface area (Å²) in [6.45, 7) is 0.477. The largest absolute Gasteiger partial charge is 0.507 e. The van der Waals surface area contributed by atoms with E-state index in [1.807, 2.05) is 60.7 Å². The molecule has 5 rings (SSSR count). The number of aromatic amines is 1. The molecule has 0 aliphatic carbocycles. The van der Waals surface area contributed by atoms with Gasteiger partial charge in [0.25, 0.3) is 5.91 Å². The Kier molecular flexibility index (Phi) is 5.54. The van der Waals surface area contributed by atoms with Gasteiger partial charge in [-0.25, -0.2) is 0 Å². The molecule has 0 bridgehead atoms. The normalized spacial score (nSPS) is 15.0. The maximum Gasteiger partial charge on any atom is 0.273 e. The highest BCUT2D eigenvalue weighted by molar-refractivity contribution is 6.00. The quantitative estimate of drug-likeness (QED) is 0.404. The molecule has 2 heterocycles. The topological polar surface area (TPSA) is 98.7 Å². The first-order chi connectivity index (χ1) is 16.2. The van der Waals surface area contributed by atoms with Crippen LogP contribution in [0.15, 0.2) is 78.9 Å². The number of aromatic nitrogens is 2. The van der Waals surface area contributed by atoms with Crippen molar-refractivity contribution in [1.82, 2.24) is 15.1 Å². The van der Waals surface area contributed by atoms with Crippen LogP contribution in [0.2, 0.25) is 0 Å². The second-order valence-electron chi connectivity index (χ2n) is 7.85. The van der Waals surface area contributed by atoms with Crippen molar-refractivity contribution in [3.63, 3.8) is 0 Å². The van der Waals surface area contributed by atoms with Crippen molar-refractivity contribution in [2.45, 2.75) is 12.6 Å². The Morgan fingerprint density at radius 2 is 1.70 bits per heavy atom. The summed E-state index contributed by atoms with van der Waals surface area (Å²) in [4.78, 5) is 14.7. The number of aliphatic hydroxyl groups is 1. The van der Waals surface area contributed by atoms with Crippen molar-refractivity contribution in [2.75, 3.05) is 13.2 Å². The number of phenols is 1. The highest BCUT2D eigenvalue weighted by Crippen LogP contribution is 2.44. The number of aromatic hydroxyl groups is 1. The van der Waals surface area contributed by atoms with Crippen LogP contribution in [0.4, 0.5) is 0 Å². The van der Waals surface area contributed by atoms with E-state index < -0.39 is 6.04 Å². The lowest BCUT2D eigenvalue weighted by Gasteiger charge is -2.25. The lowest BCUT2D eigenvalue weighted by Crippen LogP contribution is -2.32. The average Bonchev–Trinajstić information content (AvgIpc) is 3.39. The number of para-hydroxylation sites is 1. The molecule has 7 nitrogen and oxygen atoms in total. The molecule has 1 aliphatic rings. The molecule has 3 aromatic carbocycles. The summed E-state index contributed by atoms with van der Waals surface area (Å²) in [6.07, 6.45) is 0. The number of phenolic OH excluding ortho intramolecular Hbond substituents is 1. The Hall–Kier alpha value is -4.10. The van der Waals surface area contributed by atoms with Crippen molar-refractivity contribution in [3.8, 4) is 22.8 Å². The molecule has 0 spiro atoms. The van der Waals surface area contributed by atoms with Crippen LogP contribution < -0.4 is 4.74 Å². The number of aliphatic hydroxyl groups excluding tert-OH is 1. The van der Waals surface area contributed by atoms with Gasteiger partial charge in [0, 0.05) is 17.7 Å². The van der Waals surface area contributed by atoms with Gasteiger partial charge in [0.2, 0.25) is 0 Å². The predicted molar refractivity (Wildman–Crippen MR) is 123 cm³/mol. The van der Waals surface area contributed by atoms with E-state index in [2.05, 4.69) is 10.2 Å². The number of nitrogens with zero attached hydrogens (tertiary/aromatic N) is 2. The summed E-state index contributed by atoms with van der Waals surface area (Å²) >= 11 is 0. The number of nitrogens with one attached hydrogen (secondary N) is 1. The van der Waals surface area contributed by atoms with E-state index in [1.54, 1.807) is 23.1 Å². The van der Waals surface area contributed by atoms with Crippen molar-refractivity contribution in [1.29, 1.82) is 0 Å². The molecule has 1 amide bonds. The molecule has 1 aromatic heterocycles. The minimum Gasteiger partial charge on any atom is -0.507 e. The van der Waals surface area contributed by atoms with E-state index >= 15 is 0 Å². The minimum absolute atomic E-state index is 0.0864. The fourth-order valence-electron chi connectivity index (χ4n) is 4.25. The fourth-order valence-corrected chi connectivity index (χ4v) is 4.25. The smallest absolute Gasteiger partial charge is 0.273 e. The number of amides is 1. The maximum absolute atomic E-state index is 13.1. The first-order valence-electron chi connectivity index (χ1n) is 10.7. The van der Waals surface area contributed by atoms with Crippen LogP contribution in [0.5, 0.6) is 11.5 Å². The van der Waals surface area contributed by atoms with Crippen LogP contribution in [0.25, 0.3) is 11.3 Å². The Labute approximate surface area is 190 Å². The van der Waals surface area contributed by atoms with E-state index in [9.17, 15) is 15.0 Å². The van der Waals surface area contributed by atoms with Gasteiger partial charge >= 0.3 is 0 Å². The van der Waals surface area contributed by atoms with Gasteiger partial charge in [-0.1, -0.05) is 54.6 Å². The van der Waals surface area contributed by atoms with Gasteiger partial charge < -0.3 is 19.8 Å². The molecular formula is C26H23N3O4. The summed E-state index contributed by atoms with van der Waals surface area (Å²) in [5, 5.41) is 27.2. The number of hydrogen-bond donors (Lipinski definition) is 3. The minimum atomic E-state index is -0.448. The first-order valence-corrected chi connectivity index (χ1v) is 10.7. The van der Waals surface area contributed by atoms with Crippen LogP contribution in [0, 0.1) is 0 Å². The zero-order valence-corrected chi connectivity index (χ0v) is 17.8. The second kappa shape index (κ2) is 8.80. The van der Waals surface area contributed by atoms with Crippen LogP contribution >= 0.6 is 0 Å². The van der Waals surface area contributed by atoms with E-state index in [-0.39, 0.29) is 24.8 Å². The molecule has 166 valence electrons. The Bertz CT molecular complexity index is 1270. The number of hydrogen-bond acceptors (Lipinski definition) is 5. The number of H-pyrrole nitrogens is 1. The third kappa shape index (κ3) is 3.83. The lowest BCUT2D eigenvalue weighted by atomic mass is 9.95. The predicted octanol–water partition coefficient (Wildman–Crippen LogP) is 3.90. The molecule has 1 aliphatic heterocycles. The van der Waals surface area contributed by atoms with E-state index in [0.29, 0.717) is 34.9 Å². The average molecular weight is 441 g/mol. The number of ether oxygens (including phenoxy) is 1. The standard InChI is InChI=1S/C26H23N3O4/c30-15-14-29-25(18-10-12-19(13-11-18)33-16-17-6-2-1-3-7-17)22-23(27-28-24(22)26(29)32)20-8-4-5-9-21(20)31/h1-13,25,30-31H,14-16H2,(H,27,28). The molecule has 0 saturated carbocycles. The van der Waals surface area contributed by atoms with Crippen molar-refractivity contribution in [3.05, 3.63) is 101 Å². The third-order valence-corrected chi connectivity index (χ3v) is 5.81. The molecule has 0 fully saturated rings.